The Morgan fingerprint density at radius 1 is 1.00 bits per heavy atom. The number of amides is 1. The van der Waals surface area contributed by atoms with Crippen LogP contribution < -0.4 is 5.32 Å². The van der Waals surface area contributed by atoms with Crippen LogP contribution in [0.4, 0.5) is 4.79 Å². The number of rotatable bonds is 4. The van der Waals surface area contributed by atoms with Gasteiger partial charge in [0.05, 0.1) is 0 Å². The Kier molecular flexibility index (Phi) is 8.85. The number of nitrogens with one attached hydrogen (secondary N) is 1. The van der Waals surface area contributed by atoms with Crippen LogP contribution in [-0.4, -0.2) is 22.9 Å². The summed E-state index contributed by atoms with van der Waals surface area (Å²) in [6, 6.07) is 9.45. The van der Waals surface area contributed by atoms with Gasteiger partial charge < -0.3 is 14.9 Å². The number of hydrogen-bond donors (Lipinski definition) is 2. The van der Waals surface area contributed by atoms with Gasteiger partial charge in [0.2, 0.25) is 7.37 Å². The van der Waals surface area contributed by atoms with Crippen LogP contribution in [0.1, 0.15) is 76.2 Å². The van der Waals surface area contributed by atoms with Gasteiger partial charge in [-0.25, -0.2) is 4.79 Å². The van der Waals surface area contributed by atoms with Gasteiger partial charge >= 0.3 is 6.09 Å². The summed E-state index contributed by atoms with van der Waals surface area (Å²) in [5.41, 5.74) is 0.893. The first-order valence-corrected chi connectivity index (χ1v) is 12.3. The lowest BCUT2D eigenvalue weighted by atomic mass is 9.97. The molecular formula is C21H34NO4P. The smallest absolute Gasteiger partial charge is 0.408 e. The topological polar surface area (TPSA) is 75.6 Å². The zero-order valence-corrected chi connectivity index (χ0v) is 17.4. The monoisotopic (exact) mass is 395 g/mol. The molecule has 1 aliphatic rings. The van der Waals surface area contributed by atoms with Crippen molar-refractivity contribution in [3.63, 3.8) is 0 Å². The number of carbonyl (C=O) groups excluding carboxylic acids is 1. The zero-order chi connectivity index (χ0) is 19.6. The lowest BCUT2D eigenvalue weighted by molar-refractivity contribution is 0.129. The Labute approximate surface area is 163 Å². The lowest BCUT2D eigenvalue weighted by Crippen LogP contribution is -2.48. The molecule has 1 saturated carbocycles. The Morgan fingerprint density at radius 3 is 1.96 bits per heavy atom. The van der Waals surface area contributed by atoms with Crippen molar-refractivity contribution < 1.29 is 19.0 Å². The molecule has 0 heterocycles. The molecule has 2 N–H and O–H groups in total. The van der Waals surface area contributed by atoms with Crippen LogP contribution in [0, 0.1) is 0 Å². The molecule has 0 bridgehead atoms. The summed E-state index contributed by atoms with van der Waals surface area (Å²) in [6.07, 6.45) is 10.2. The normalized spacial score (nSPS) is 21.1. The summed E-state index contributed by atoms with van der Waals surface area (Å²) in [4.78, 5) is 23.0. The van der Waals surface area contributed by atoms with E-state index in [1.54, 1.807) is 0 Å². The predicted molar refractivity (Wildman–Crippen MR) is 109 cm³/mol. The Hall–Kier alpha value is -1.32. The molecule has 6 heteroatoms. The van der Waals surface area contributed by atoms with Crippen molar-refractivity contribution in [2.24, 2.45) is 0 Å². The third kappa shape index (κ3) is 7.31. The lowest BCUT2D eigenvalue weighted by Gasteiger charge is -2.37. The van der Waals surface area contributed by atoms with Crippen LogP contribution in [-0.2, 0) is 15.9 Å². The Balaban J connectivity index is 2.04. The van der Waals surface area contributed by atoms with Crippen molar-refractivity contribution in [3.8, 4) is 0 Å². The quantitative estimate of drug-likeness (QED) is 0.631. The van der Waals surface area contributed by atoms with Crippen molar-refractivity contribution in [2.75, 3.05) is 6.66 Å². The fourth-order valence-electron chi connectivity index (χ4n) is 3.79. The van der Waals surface area contributed by atoms with E-state index >= 15 is 0 Å². The Bertz CT molecular complexity index is 602. The largest absolute Gasteiger partial charge is 0.445 e. The van der Waals surface area contributed by atoms with Gasteiger partial charge in [0.1, 0.15) is 11.9 Å². The highest BCUT2D eigenvalue weighted by Gasteiger charge is 2.44. The Morgan fingerprint density at radius 2 is 1.48 bits per heavy atom. The second-order valence-electron chi connectivity index (χ2n) is 7.78. The molecule has 1 fully saturated rings. The van der Waals surface area contributed by atoms with Crippen molar-refractivity contribution in [1.29, 1.82) is 0 Å². The zero-order valence-electron chi connectivity index (χ0n) is 16.5. The molecule has 0 saturated heterocycles. The fraction of sp³-hybridized carbons (Fsp3) is 0.667. The molecule has 1 amide bonds. The van der Waals surface area contributed by atoms with Crippen molar-refractivity contribution in [3.05, 3.63) is 35.9 Å². The van der Waals surface area contributed by atoms with Crippen molar-refractivity contribution in [2.45, 2.75) is 82.5 Å². The molecule has 0 aromatic heterocycles. The first kappa shape index (κ1) is 22.0. The third-order valence-corrected chi connectivity index (χ3v) is 7.67. The first-order valence-electron chi connectivity index (χ1n) is 10.2. The van der Waals surface area contributed by atoms with E-state index in [1.807, 2.05) is 30.3 Å². The van der Waals surface area contributed by atoms with Crippen LogP contribution in [0.25, 0.3) is 0 Å². The van der Waals surface area contributed by atoms with Gasteiger partial charge in [-0.15, -0.1) is 0 Å². The minimum Gasteiger partial charge on any atom is -0.445 e. The SMILES string of the molecule is CP(=O)(O)C1(NC(=O)OCc2ccccc2)CCCCCCCCCCC1. The highest BCUT2D eigenvalue weighted by molar-refractivity contribution is 7.58. The summed E-state index contributed by atoms with van der Waals surface area (Å²) < 4.78 is 18.1. The van der Waals surface area contributed by atoms with Gasteiger partial charge in [-0.3, -0.25) is 4.57 Å². The molecule has 0 radical (unpaired) electrons. The maximum absolute atomic E-state index is 12.8. The van der Waals surface area contributed by atoms with Gasteiger partial charge in [0, 0.05) is 6.66 Å². The number of alkyl carbamates (subject to hydrolysis) is 1. The van der Waals surface area contributed by atoms with Crippen LogP contribution in [0.15, 0.2) is 30.3 Å². The molecule has 27 heavy (non-hydrogen) atoms. The molecule has 1 aromatic rings. The van der Waals surface area contributed by atoms with Gasteiger partial charge in [-0.05, 0) is 18.4 Å². The average Bonchev–Trinajstić information content (AvgIpc) is 2.62. The van der Waals surface area contributed by atoms with E-state index in [4.69, 9.17) is 4.74 Å². The maximum Gasteiger partial charge on any atom is 0.408 e. The number of carbonyl (C=O) groups is 1. The minimum absolute atomic E-state index is 0.155. The van der Waals surface area contributed by atoms with Gasteiger partial charge in [0.25, 0.3) is 0 Å². The van der Waals surface area contributed by atoms with Gasteiger partial charge in [0.15, 0.2) is 0 Å². The molecular weight excluding hydrogens is 361 g/mol. The summed E-state index contributed by atoms with van der Waals surface area (Å²) >= 11 is 0. The summed E-state index contributed by atoms with van der Waals surface area (Å²) in [5.74, 6) is 0. The van der Waals surface area contributed by atoms with Crippen molar-refractivity contribution in [1.82, 2.24) is 5.32 Å². The minimum atomic E-state index is -3.54. The molecule has 1 atom stereocenters. The molecule has 1 aliphatic carbocycles. The highest BCUT2D eigenvalue weighted by Crippen LogP contribution is 2.54. The van der Waals surface area contributed by atoms with Crippen LogP contribution in [0.5, 0.6) is 0 Å². The molecule has 0 spiro atoms. The van der Waals surface area contributed by atoms with E-state index in [0.29, 0.717) is 12.8 Å². The van der Waals surface area contributed by atoms with E-state index in [9.17, 15) is 14.3 Å². The summed E-state index contributed by atoms with van der Waals surface area (Å²) in [7, 11) is -3.54. The molecule has 1 aromatic carbocycles. The third-order valence-electron chi connectivity index (χ3n) is 5.52. The molecule has 5 nitrogen and oxygen atoms in total. The molecule has 2 rings (SSSR count). The fourth-order valence-corrected chi connectivity index (χ4v) is 5.23. The van der Waals surface area contributed by atoms with Crippen LogP contribution >= 0.6 is 7.37 Å². The van der Waals surface area contributed by atoms with E-state index in [-0.39, 0.29) is 6.61 Å². The van der Waals surface area contributed by atoms with Gasteiger partial charge in [-0.2, -0.15) is 0 Å². The van der Waals surface area contributed by atoms with Crippen LogP contribution in [0.2, 0.25) is 0 Å². The van der Waals surface area contributed by atoms with E-state index in [1.165, 1.54) is 25.9 Å². The molecule has 152 valence electrons. The van der Waals surface area contributed by atoms with E-state index < -0.39 is 18.7 Å². The maximum atomic E-state index is 12.8. The van der Waals surface area contributed by atoms with E-state index in [2.05, 4.69) is 5.32 Å². The average molecular weight is 395 g/mol. The van der Waals surface area contributed by atoms with Crippen LogP contribution in [0.3, 0.4) is 0 Å². The first-order chi connectivity index (χ1) is 12.9. The molecule has 1 unspecified atom stereocenters. The van der Waals surface area contributed by atoms with Crippen molar-refractivity contribution >= 4 is 13.5 Å². The highest BCUT2D eigenvalue weighted by atomic mass is 31.2. The summed E-state index contributed by atoms with van der Waals surface area (Å²) in [6.45, 7) is 1.53. The summed E-state index contributed by atoms with van der Waals surface area (Å²) in [5, 5.41) is 1.74. The van der Waals surface area contributed by atoms with E-state index in [0.717, 1.165) is 44.1 Å². The second-order valence-corrected chi connectivity index (χ2v) is 10.4. The van der Waals surface area contributed by atoms with Gasteiger partial charge in [-0.1, -0.05) is 88.1 Å². The molecule has 0 aliphatic heterocycles. The number of ether oxygens (including phenoxy) is 1. The number of benzene rings is 1. The second kappa shape index (κ2) is 10.9. The number of hydrogen-bond acceptors (Lipinski definition) is 3. The predicted octanol–water partition coefficient (Wildman–Crippen LogP) is 5.81. The standard InChI is InChI=1S/C21H34NO4P/c1-27(24,25)21(16-12-7-5-3-2-4-6-8-13-17-21)22-20(23)26-18-19-14-10-9-11-15-19/h9-11,14-15H,2-8,12-13,16-18H2,1H3,(H,22,23)(H,24,25).